The number of hydrogen-bond acceptors (Lipinski definition) is 4. The Bertz CT molecular complexity index is 804. The van der Waals surface area contributed by atoms with E-state index in [4.69, 9.17) is 9.73 Å². The molecule has 1 unspecified atom stereocenters. The highest BCUT2D eigenvalue weighted by molar-refractivity contribution is 14.0. The van der Waals surface area contributed by atoms with Gasteiger partial charge >= 0.3 is 0 Å². The molecule has 2 heterocycles. The summed E-state index contributed by atoms with van der Waals surface area (Å²) in [6.07, 6.45) is 2.53. The van der Waals surface area contributed by atoms with Crippen LogP contribution in [0, 0.1) is 5.82 Å². The molecule has 1 aromatic heterocycles. The van der Waals surface area contributed by atoms with Gasteiger partial charge in [-0.2, -0.15) is 0 Å². The molecule has 1 aliphatic rings. The topological polar surface area (TPSA) is 61.8 Å². The first-order valence-electron chi connectivity index (χ1n) is 9.67. The second-order valence-corrected chi connectivity index (χ2v) is 6.78. The van der Waals surface area contributed by atoms with Crippen LogP contribution in [-0.2, 0) is 17.9 Å². The summed E-state index contributed by atoms with van der Waals surface area (Å²) in [5, 5.41) is 6.77. The molecule has 1 atom stereocenters. The quantitative estimate of drug-likeness (QED) is 0.338. The van der Waals surface area contributed by atoms with E-state index in [1.807, 2.05) is 24.0 Å². The number of pyridine rings is 1. The lowest BCUT2D eigenvalue weighted by Gasteiger charge is -2.20. The summed E-state index contributed by atoms with van der Waals surface area (Å²) in [5.74, 6) is 0.906. The van der Waals surface area contributed by atoms with Crippen molar-refractivity contribution in [2.75, 3.05) is 31.6 Å². The summed E-state index contributed by atoms with van der Waals surface area (Å²) >= 11 is 0. The normalized spacial score (nSPS) is 16.4. The predicted molar refractivity (Wildman–Crippen MR) is 125 cm³/mol. The lowest BCUT2D eigenvalue weighted by Crippen LogP contribution is -2.44. The maximum Gasteiger partial charge on any atom is 0.191 e. The minimum absolute atomic E-state index is 0. The summed E-state index contributed by atoms with van der Waals surface area (Å²) < 4.78 is 19.3. The van der Waals surface area contributed by atoms with E-state index < -0.39 is 0 Å². The molecular formula is C21H29FIN5O. The molecule has 2 aromatic rings. The number of methoxy groups -OCH3 is 1. The zero-order valence-electron chi connectivity index (χ0n) is 16.9. The van der Waals surface area contributed by atoms with Crippen LogP contribution < -0.4 is 15.5 Å². The first-order valence-corrected chi connectivity index (χ1v) is 9.67. The van der Waals surface area contributed by atoms with Crippen molar-refractivity contribution in [1.82, 2.24) is 15.6 Å². The van der Waals surface area contributed by atoms with Crippen LogP contribution in [0.15, 0.2) is 47.6 Å². The van der Waals surface area contributed by atoms with Gasteiger partial charge < -0.3 is 20.3 Å². The summed E-state index contributed by atoms with van der Waals surface area (Å²) in [6.45, 7) is 5.42. The molecule has 0 saturated carbocycles. The predicted octanol–water partition coefficient (Wildman–Crippen LogP) is 3.32. The molecule has 0 bridgehead atoms. The average Bonchev–Trinajstić information content (AvgIpc) is 3.16. The Morgan fingerprint density at radius 2 is 2.07 bits per heavy atom. The SMILES string of the molecule is CCNC(=NCc1ccccc1COC)NC1CCN(c2ncccc2F)C1.I. The number of rotatable bonds is 7. The van der Waals surface area contributed by atoms with Gasteiger partial charge in [0.05, 0.1) is 13.2 Å². The molecule has 29 heavy (non-hydrogen) atoms. The van der Waals surface area contributed by atoms with Gasteiger partial charge in [0, 0.05) is 39.0 Å². The minimum Gasteiger partial charge on any atom is -0.380 e. The van der Waals surface area contributed by atoms with Crippen LogP contribution in [-0.4, -0.2) is 43.7 Å². The Morgan fingerprint density at radius 1 is 1.28 bits per heavy atom. The second kappa shape index (κ2) is 11.9. The van der Waals surface area contributed by atoms with Gasteiger partial charge in [-0.25, -0.2) is 14.4 Å². The van der Waals surface area contributed by atoms with E-state index in [1.54, 1.807) is 19.4 Å². The third kappa shape index (κ3) is 6.53. The number of nitrogens with zero attached hydrogens (tertiary/aromatic N) is 3. The van der Waals surface area contributed by atoms with Gasteiger partial charge in [-0.1, -0.05) is 24.3 Å². The molecule has 0 radical (unpaired) electrons. The molecule has 0 spiro atoms. The van der Waals surface area contributed by atoms with E-state index in [2.05, 4.69) is 27.8 Å². The third-order valence-electron chi connectivity index (χ3n) is 4.74. The smallest absolute Gasteiger partial charge is 0.191 e. The average molecular weight is 513 g/mol. The Kier molecular flexibility index (Phi) is 9.59. The summed E-state index contributed by atoms with van der Waals surface area (Å²) in [6, 6.07) is 11.4. The van der Waals surface area contributed by atoms with Crippen LogP contribution in [0.5, 0.6) is 0 Å². The number of benzene rings is 1. The van der Waals surface area contributed by atoms with Crippen LogP contribution >= 0.6 is 24.0 Å². The molecule has 3 rings (SSSR count). The molecule has 1 aliphatic heterocycles. The van der Waals surface area contributed by atoms with Gasteiger partial charge in [0.1, 0.15) is 0 Å². The van der Waals surface area contributed by atoms with Crippen LogP contribution in [0.1, 0.15) is 24.5 Å². The zero-order valence-corrected chi connectivity index (χ0v) is 19.2. The van der Waals surface area contributed by atoms with Crippen molar-refractivity contribution in [1.29, 1.82) is 0 Å². The van der Waals surface area contributed by atoms with Gasteiger partial charge in [-0.15, -0.1) is 24.0 Å². The zero-order chi connectivity index (χ0) is 19.8. The van der Waals surface area contributed by atoms with Gasteiger partial charge in [-0.3, -0.25) is 0 Å². The van der Waals surface area contributed by atoms with E-state index >= 15 is 0 Å². The van der Waals surface area contributed by atoms with Crippen LogP contribution in [0.2, 0.25) is 0 Å². The van der Waals surface area contributed by atoms with Gasteiger partial charge in [0.2, 0.25) is 0 Å². The number of halogens is 2. The molecule has 1 fully saturated rings. The number of aliphatic imine (C=N–C) groups is 1. The molecule has 1 saturated heterocycles. The van der Waals surface area contributed by atoms with Crippen molar-refractivity contribution in [2.24, 2.45) is 4.99 Å². The van der Waals surface area contributed by atoms with Crippen molar-refractivity contribution in [3.63, 3.8) is 0 Å². The molecule has 0 amide bonds. The number of anilines is 1. The van der Waals surface area contributed by atoms with E-state index in [1.165, 1.54) is 6.07 Å². The first kappa shape index (κ1) is 23.3. The van der Waals surface area contributed by atoms with Crippen molar-refractivity contribution in [3.8, 4) is 0 Å². The maximum absolute atomic E-state index is 14.0. The Morgan fingerprint density at radius 3 is 2.79 bits per heavy atom. The van der Waals surface area contributed by atoms with E-state index in [0.29, 0.717) is 25.5 Å². The summed E-state index contributed by atoms with van der Waals surface area (Å²) in [7, 11) is 1.70. The minimum atomic E-state index is -0.279. The molecule has 158 valence electrons. The highest BCUT2D eigenvalue weighted by Gasteiger charge is 2.25. The fraction of sp³-hybridized carbons (Fsp3) is 0.429. The van der Waals surface area contributed by atoms with Crippen molar-refractivity contribution in [3.05, 3.63) is 59.5 Å². The Hall–Kier alpha value is -1.94. The van der Waals surface area contributed by atoms with Crippen molar-refractivity contribution >= 4 is 35.8 Å². The highest BCUT2D eigenvalue weighted by Crippen LogP contribution is 2.20. The molecule has 6 nitrogen and oxygen atoms in total. The molecule has 1 aromatic carbocycles. The number of nitrogens with one attached hydrogen (secondary N) is 2. The monoisotopic (exact) mass is 513 g/mol. The van der Waals surface area contributed by atoms with Crippen LogP contribution in [0.3, 0.4) is 0 Å². The van der Waals surface area contributed by atoms with Crippen LogP contribution in [0.4, 0.5) is 10.2 Å². The highest BCUT2D eigenvalue weighted by atomic mass is 127. The molecule has 8 heteroatoms. The molecule has 2 N–H and O–H groups in total. The van der Waals surface area contributed by atoms with Gasteiger partial charge in [0.25, 0.3) is 0 Å². The summed E-state index contributed by atoms with van der Waals surface area (Å²) in [4.78, 5) is 10.9. The van der Waals surface area contributed by atoms with Crippen LogP contribution in [0.25, 0.3) is 0 Å². The third-order valence-corrected chi connectivity index (χ3v) is 4.74. The van der Waals surface area contributed by atoms with Gasteiger partial charge in [-0.05, 0) is 36.6 Å². The standard InChI is InChI=1S/C21H28FN5O.HI/c1-3-23-21(25-13-16-7-4-5-8-17(16)15-28-2)26-18-10-12-27(14-18)20-19(22)9-6-11-24-20;/h4-9,11,18H,3,10,12-15H2,1-2H3,(H2,23,25,26);1H. The Labute approximate surface area is 189 Å². The number of hydrogen-bond donors (Lipinski definition) is 2. The largest absolute Gasteiger partial charge is 0.380 e. The first-order chi connectivity index (χ1) is 13.7. The van der Waals surface area contributed by atoms with Gasteiger partial charge in [0.15, 0.2) is 17.6 Å². The van der Waals surface area contributed by atoms with E-state index in [-0.39, 0.29) is 35.8 Å². The number of ether oxygens (including phenoxy) is 1. The fourth-order valence-electron chi connectivity index (χ4n) is 3.37. The molecular weight excluding hydrogens is 484 g/mol. The van der Waals surface area contributed by atoms with Crippen molar-refractivity contribution < 1.29 is 9.13 Å². The fourth-order valence-corrected chi connectivity index (χ4v) is 3.37. The Balaban J connectivity index is 0.00000300. The number of guanidine groups is 1. The van der Waals surface area contributed by atoms with E-state index in [0.717, 1.165) is 36.6 Å². The second-order valence-electron chi connectivity index (χ2n) is 6.78. The number of aromatic nitrogens is 1. The lowest BCUT2D eigenvalue weighted by molar-refractivity contribution is 0.184. The van der Waals surface area contributed by atoms with Crippen molar-refractivity contribution in [2.45, 2.75) is 32.5 Å². The lowest BCUT2D eigenvalue weighted by atomic mass is 10.1. The molecule has 0 aliphatic carbocycles. The summed E-state index contributed by atoms with van der Waals surface area (Å²) in [5.41, 5.74) is 2.28. The van der Waals surface area contributed by atoms with E-state index in [9.17, 15) is 4.39 Å². The maximum atomic E-state index is 14.0.